The van der Waals surface area contributed by atoms with Crippen LogP contribution in [0.1, 0.15) is 31.7 Å². The molecular weight excluding hydrogens is 402 g/mol. The molecule has 0 unspecified atom stereocenters. The smallest absolute Gasteiger partial charge is 0.244 e. The van der Waals surface area contributed by atoms with Gasteiger partial charge in [-0.05, 0) is 43.9 Å². The van der Waals surface area contributed by atoms with Crippen LogP contribution in [0.2, 0.25) is 5.02 Å². The van der Waals surface area contributed by atoms with Gasteiger partial charge in [-0.25, -0.2) is 4.99 Å². The highest BCUT2D eigenvalue weighted by Gasteiger charge is 2.24. The predicted octanol–water partition coefficient (Wildman–Crippen LogP) is 2.00. The molecule has 1 N–H and O–H groups in total. The van der Waals surface area contributed by atoms with Crippen molar-refractivity contribution < 1.29 is 9.59 Å². The number of nitrogens with one attached hydrogen (secondary N) is 1. The zero-order valence-corrected chi connectivity index (χ0v) is 18.5. The number of amides is 2. The number of carbonyl (C=O) groups excluding carboxylic acids is 2. The summed E-state index contributed by atoms with van der Waals surface area (Å²) >= 11 is 6.02. The van der Waals surface area contributed by atoms with E-state index in [1.807, 2.05) is 41.0 Å². The number of likely N-dealkylation sites (tertiary alicyclic amines) is 1. The average Bonchev–Trinajstić information content (AvgIpc) is 2.77. The molecule has 164 valence electrons. The molecule has 2 fully saturated rings. The Hall–Kier alpha value is -2.28. The van der Waals surface area contributed by atoms with Crippen molar-refractivity contribution in [3.8, 4) is 0 Å². The van der Waals surface area contributed by atoms with Gasteiger partial charge in [0.1, 0.15) is 6.54 Å². The number of halogens is 1. The van der Waals surface area contributed by atoms with E-state index in [-0.39, 0.29) is 18.4 Å². The first kappa shape index (κ1) is 22.4. The minimum Gasteiger partial charge on any atom is -0.357 e. The lowest BCUT2D eigenvalue weighted by atomic mass is 10.1. The van der Waals surface area contributed by atoms with Crippen LogP contribution in [0.4, 0.5) is 0 Å². The summed E-state index contributed by atoms with van der Waals surface area (Å²) in [5.74, 6) is 0.962. The van der Waals surface area contributed by atoms with E-state index in [1.54, 1.807) is 0 Å². The van der Waals surface area contributed by atoms with E-state index >= 15 is 0 Å². The minimum atomic E-state index is 0.0976. The molecule has 2 heterocycles. The van der Waals surface area contributed by atoms with Gasteiger partial charge in [0.2, 0.25) is 11.8 Å². The van der Waals surface area contributed by atoms with E-state index < -0.39 is 0 Å². The van der Waals surface area contributed by atoms with E-state index in [4.69, 9.17) is 11.6 Å². The summed E-state index contributed by atoms with van der Waals surface area (Å²) in [6.45, 7) is 7.31. The third kappa shape index (κ3) is 6.36. The van der Waals surface area contributed by atoms with Crippen LogP contribution in [0.5, 0.6) is 0 Å². The summed E-state index contributed by atoms with van der Waals surface area (Å²) in [6.07, 6.45) is 3.73. The summed E-state index contributed by atoms with van der Waals surface area (Å²) in [6, 6.07) is 7.44. The highest BCUT2D eigenvalue weighted by atomic mass is 35.5. The Bertz CT molecular complexity index is 756. The van der Waals surface area contributed by atoms with Crippen LogP contribution < -0.4 is 5.32 Å². The molecule has 0 bridgehead atoms. The number of aliphatic imine (C=N–C) groups is 1. The Morgan fingerprint density at radius 2 is 1.63 bits per heavy atom. The first-order chi connectivity index (χ1) is 14.6. The van der Waals surface area contributed by atoms with E-state index in [2.05, 4.69) is 15.2 Å². The van der Waals surface area contributed by atoms with Crippen molar-refractivity contribution in [2.45, 2.75) is 32.6 Å². The number of guanidine groups is 1. The second kappa shape index (κ2) is 11.2. The van der Waals surface area contributed by atoms with E-state index in [0.29, 0.717) is 37.6 Å². The molecule has 2 amide bonds. The number of nitrogens with zero attached hydrogens (tertiary/aromatic N) is 4. The van der Waals surface area contributed by atoms with E-state index in [1.165, 1.54) is 6.42 Å². The molecule has 8 heteroatoms. The standard InChI is InChI=1S/C22H32ClN5O2/c1-2-24-22(25-17-21(30)26-9-4-3-5-10-26)28-13-11-27(12-14-28)20(29)16-18-7-6-8-19(23)15-18/h6-8,15H,2-5,9-14,16-17H2,1H3,(H,24,25). The maximum Gasteiger partial charge on any atom is 0.244 e. The van der Waals surface area contributed by atoms with Crippen LogP contribution in [-0.2, 0) is 16.0 Å². The van der Waals surface area contributed by atoms with Crippen molar-refractivity contribution in [1.82, 2.24) is 20.0 Å². The van der Waals surface area contributed by atoms with Crippen molar-refractivity contribution in [2.75, 3.05) is 52.4 Å². The molecule has 2 saturated heterocycles. The van der Waals surface area contributed by atoms with Gasteiger partial charge in [0, 0.05) is 50.8 Å². The topological polar surface area (TPSA) is 68.2 Å². The molecule has 7 nitrogen and oxygen atoms in total. The molecule has 0 aromatic heterocycles. The molecule has 0 radical (unpaired) electrons. The number of carbonyl (C=O) groups is 2. The summed E-state index contributed by atoms with van der Waals surface area (Å²) in [5, 5.41) is 3.94. The van der Waals surface area contributed by atoms with Gasteiger partial charge >= 0.3 is 0 Å². The lowest BCUT2D eigenvalue weighted by molar-refractivity contribution is -0.132. The van der Waals surface area contributed by atoms with Crippen LogP contribution in [0, 0.1) is 0 Å². The van der Waals surface area contributed by atoms with Gasteiger partial charge in [0.25, 0.3) is 0 Å². The molecular formula is C22H32ClN5O2. The number of piperidine rings is 1. The summed E-state index contributed by atoms with van der Waals surface area (Å²) < 4.78 is 0. The Morgan fingerprint density at radius 1 is 0.967 bits per heavy atom. The number of rotatable bonds is 5. The van der Waals surface area contributed by atoms with Crippen molar-refractivity contribution in [1.29, 1.82) is 0 Å². The Labute approximate surface area is 184 Å². The number of piperazine rings is 1. The molecule has 0 atom stereocenters. The maximum absolute atomic E-state index is 12.6. The number of hydrogen-bond donors (Lipinski definition) is 1. The lowest BCUT2D eigenvalue weighted by Crippen LogP contribution is -2.54. The van der Waals surface area contributed by atoms with Gasteiger partial charge in [0.05, 0.1) is 6.42 Å². The third-order valence-corrected chi connectivity index (χ3v) is 5.82. The molecule has 0 aliphatic carbocycles. The fraction of sp³-hybridized carbons (Fsp3) is 0.591. The highest BCUT2D eigenvalue weighted by Crippen LogP contribution is 2.13. The average molecular weight is 434 g/mol. The zero-order valence-electron chi connectivity index (χ0n) is 17.8. The molecule has 0 spiro atoms. The molecule has 30 heavy (non-hydrogen) atoms. The van der Waals surface area contributed by atoms with Crippen molar-refractivity contribution >= 4 is 29.4 Å². The van der Waals surface area contributed by atoms with Gasteiger partial charge in [-0.1, -0.05) is 23.7 Å². The van der Waals surface area contributed by atoms with Crippen LogP contribution >= 0.6 is 11.6 Å². The number of hydrogen-bond acceptors (Lipinski definition) is 3. The monoisotopic (exact) mass is 433 g/mol. The first-order valence-corrected chi connectivity index (χ1v) is 11.3. The predicted molar refractivity (Wildman–Crippen MR) is 120 cm³/mol. The fourth-order valence-electron chi connectivity index (χ4n) is 3.91. The van der Waals surface area contributed by atoms with Crippen LogP contribution in [0.3, 0.4) is 0 Å². The molecule has 2 aliphatic rings. The summed E-state index contributed by atoms with van der Waals surface area (Å²) in [7, 11) is 0. The molecule has 0 saturated carbocycles. The summed E-state index contributed by atoms with van der Waals surface area (Å²) in [5.41, 5.74) is 0.932. The second-order valence-electron chi connectivity index (χ2n) is 7.79. The van der Waals surface area contributed by atoms with Gasteiger partial charge in [-0.3, -0.25) is 9.59 Å². The van der Waals surface area contributed by atoms with Gasteiger partial charge < -0.3 is 20.0 Å². The van der Waals surface area contributed by atoms with Crippen LogP contribution in [0.15, 0.2) is 29.3 Å². The number of benzene rings is 1. The normalized spacial score (nSPS) is 17.8. The summed E-state index contributed by atoms with van der Waals surface area (Å²) in [4.78, 5) is 35.6. The molecule has 2 aliphatic heterocycles. The third-order valence-electron chi connectivity index (χ3n) is 5.58. The van der Waals surface area contributed by atoms with Crippen LogP contribution in [0.25, 0.3) is 0 Å². The van der Waals surface area contributed by atoms with Crippen molar-refractivity contribution in [2.24, 2.45) is 4.99 Å². The second-order valence-corrected chi connectivity index (χ2v) is 8.22. The van der Waals surface area contributed by atoms with Crippen molar-refractivity contribution in [3.63, 3.8) is 0 Å². The van der Waals surface area contributed by atoms with Crippen LogP contribution in [-0.4, -0.2) is 84.8 Å². The Balaban J connectivity index is 1.51. The SMILES string of the molecule is CCNC(=NCC(=O)N1CCCCC1)N1CCN(C(=O)Cc2cccc(Cl)c2)CC1. The fourth-order valence-corrected chi connectivity index (χ4v) is 4.13. The van der Waals surface area contributed by atoms with Gasteiger partial charge in [-0.2, -0.15) is 0 Å². The Morgan fingerprint density at radius 3 is 2.30 bits per heavy atom. The largest absolute Gasteiger partial charge is 0.357 e. The Kier molecular flexibility index (Phi) is 8.37. The maximum atomic E-state index is 12.6. The zero-order chi connectivity index (χ0) is 21.3. The first-order valence-electron chi connectivity index (χ1n) is 10.9. The molecule has 1 aromatic carbocycles. The minimum absolute atomic E-state index is 0.0976. The molecule has 1 aromatic rings. The van der Waals surface area contributed by atoms with Gasteiger partial charge in [-0.15, -0.1) is 0 Å². The highest BCUT2D eigenvalue weighted by molar-refractivity contribution is 6.30. The van der Waals surface area contributed by atoms with Gasteiger partial charge in [0.15, 0.2) is 5.96 Å². The lowest BCUT2D eigenvalue weighted by Gasteiger charge is -2.36. The quantitative estimate of drug-likeness (QED) is 0.569. The van der Waals surface area contributed by atoms with E-state index in [0.717, 1.165) is 44.0 Å². The van der Waals surface area contributed by atoms with E-state index in [9.17, 15) is 9.59 Å². The molecule has 3 rings (SSSR count). The van der Waals surface area contributed by atoms with Crippen molar-refractivity contribution in [3.05, 3.63) is 34.9 Å².